The van der Waals surface area contributed by atoms with Crippen LogP contribution in [0.25, 0.3) is 0 Å². The van der Waals surface area contributed by atoms with Gasteiger partial charge in [0.1, 0.15) is 0 Å². The Morgan fingerprint density at radius 1 is 1.21 bits per heavy atom. The molecule has 0 saturated heterocycles. The number of hydrogen-bond acceptors (Lipinski definition) is 6. The van der Waals surface area contributed by atoms with Gasteiger partial charge in [-0.25, -0.2) is 10.4 Å². The number of methoxy groups -OCH3 is 1. The van der Waals surface area contributed by atoms with Crippen LogP contribution in [0, 0.1) is 5.82 Å². The molecule has 0 aliphatic heterocycles. The molecule has 1 N–H and O–H groups in total. The lowest BCUT2D eigenvalue weighted by molar-refractivity contribution is 0.0955. The maximum absolute atomic E-state index is 13.8. The van der Waals surface area contributed by atoms with Crippen LogP contribution in [0.3, 0.4) is 0 Å². The van der Waals surface area contributed by atoms with Crippen molar-refractivity contribution < 1.29 is 18.7 Å². The van der Waals surface area contributed by atoms with Crippen LogP contribution in [0.15, 0.2) is 59.8 Å². The maximum Gasteiger partial charge on any atom is 0.271 e. The van der Waals surface area contributed by atoms with Crippen LogP contribution in [0.5, 0.6) is 17.4 Å². The van der Waals surface area contributed by atoms with Gasteiger partial charge < -0.3 is 9.47 Å². The van der Waals surface area contributed by atoms with E-state index >= 15 is 0 Å². The first kappa shape index (κ1) is 19.2. The van der Waals surface area contributed by atoms with Crippen LogP contribution in [-0.2, 0) is 0 Å². The Morgan fingerprint density at radius 3 is 2.75 bits per heavy atom. The Labute approximate surface area is 164 Å². The number of aromatic nitrogens is 2. The molecule has 3 aromatic rings. The van der Waals surface area contributed by atoms with Crippen molar-refractivity contribution in [3.05, 3.63) is 77.0 Å². The largest absolute Gasteiger partial charge is 0.493 e. The summed E-state index contributed by atoms with van der Waals surface area (Å²) in [5.41, 5.74) is 3.48. The molecule has 0 aliphatic rings. The highest BCUT2D eigenvalue weighted by Gasteiger charge is 2.13. The van der Waals surface area contributed by atoms with E-state index in [2.05, 4.69) is 20.5 Å². The van der Waals surface area contributed by atoms with Crippen molar-refractivity contribution in [2.24, 2.45) is 5.10 Å². The number of hydrazone groups is 1. The van der Waals surface area contributed by atoms with E-state index in [-0.39, 0.29) is 22.8 Å². The highest BCUT2D eigenvalue weighted by atomic mass is 35.5. The van der Waals surface area contributed by atoms with Crippen molar-refractivity contribution in [2.75, 3.05) is 7.11 Å². The molecule has 142 valence electrons. The van der Waals surface area contributed by atoms with Crippen molar-refractivity contribution >= 4 is 23.7 Å². The molecule has 2 aromatic carbocycles. The molecule has 0 radical (unpaired) electrons. The van der Waals surface area contributed by atoms with E-state index in [1.54, 1.807) is 42.5 Å². The van der Waals surface area contributed by atoms with Crippen LogP contribution in [-0.4, -0.2) is 29.2 Å². The quantitative estimate of drug-likeness (QED) is 0.386. The van der Waals surface area contributed by atoms with Gasteiger partial charge in [0, 0.05) is 5.56 Å². The minimum Gasteiger partial charge on any atom is -0.493 e. The molecule has 0 fully saturated rings. The Bertz CT molecular complexity index is 1020. The third-order valence-electron chi connectivity index (χ3n) is 3.49. The van der Waals surface area contributed by atoms with Gasteiger partial charge in [-0.2, -0.15) is 14.5 Å². The van der Waals surface area contributed by atoms with Crippen LogP contribution < -0.4 is 14.9 Å². The second-order valence-corrected chi connectivity index (χ2v) is 5.71. The Morgan fingerprint density at radius 2 is 2.00 bits per heavy atom. The molecule has 0 atom stereocenters. The fraction of sp³-hybridized carbons (Fsp3) is 0.0526. The molecule has 0 saturated carbocycles. The number of nitrogens with zero attached hydrogens (tertiary/aromatic N) is 3. The SMILES string of the molecule is COc1ccc(/C=N\NC(=O)c2ccccc2)cc1Oc1nc(Cl)ncc1F. The molecule has 1 amide bonds. The average Bonchev–Trinajstić information content (AvgIpc) is 2.71. The number of halogens is 2. The monoisotopic (exact) mass is 400 g/mol. The summed E-state index contributed by atoms with van der Waals surface area (Å²) in [6, 6.07) is 13.5. The van der Waals surface area contributed by atoms with Crippen LogP contribution in [0.1, 0.15) is 15.9 Å². The topological polar surface area (TPSA) is 85.7 Å². The lowest BCUT2D eigenvalue weighted by Crippen LogP contribution is -2.17. The number of amides is 1. The third kappa shape index (κ3) is 4.80. The van der Waals surface area contributed by atoms with E-state index in [0.29, 0.717) is 16.9 Å². The van der Waals surface area contributed by atoms with E-state index in [9.17, 15) is 9.18 Å². The van der Waals surface area contributed by atoms with Gasteiger partial charge in [-0.1, -0.05) is 18.2 Å². The highest BCUT2D eigenvalue weighted by Crippen LogP contribution is 2.32. The summed E-state index contributed by atoms with van der Waals surface area (Å²) in [5.74, 6) is -0.931. The first-order valence-electron chi connectivity index (χ1n) is 7.99. The first-order chi connectivity index (χ1) is 13.6. The van der Waals surface area contributed by atoms with Crippen LogP contribution >= 0.6 is 11.6 Å². The van der Waals surface area contributed by atoms with Gasteiger partial charge >= 0.3 is 0 Å². The average molecular weight is 401 g/mol. The summed E-state index contributed by atoms with van der Waals surface area (Å²) >= 11 is 5.68. The maximum atomic E-state index is 13.8. The number of carbonyl (C=O) groups excluding carboxylic acids is 1. The number of carbonyl (C=O) groups is 1. The summed E-state index contributed by atoms with van der Waals surface area (Å²) in [7, 11) is 1.44. The molecule has 0 unspecified atom stereocenters. The molecule has 28 heavy (non-hydrogen) atoms. The number of hydrogen-bond donors (Lipinski definition) is 1. The summed E-state index contributed by atoms with van der Waals surface area (Å²) in [4.78, 5) is 19.2. The van der Waals surface area contributed by atoms with E-state index in [1.807, 2.05) is 6.07 Å². The third-order valence-corrected chi connectivity index (χ3v) is 3.67. The van der Waals surface area contributed by atoms with Gasteiger partial charge in [0.15, 0.2) is 11.5 Å². The van der Waals surface area contributed by atoms with Gasteiger partial charge in [0.05, 0.1) is 19.5 Å². The lowest BCUT2D eigenvalue weighted by Gasteiger charge is -2.10. The Balaban J connectivity index is 1.77. The summed E-state index contributed by atoms with van der Waals surface area (Å²) < 4.78 is 24.5. The highest BCUT2D eigenvalue weighted by molar-refractivity contribution is 6.28. The minimum absolute atomic E-state index is 0.156. The smallest absolute Gasteiger partial charge is 0.271 e. The zero-order valence-electron chi connectivity index (χ0n) is 14.6. The van der Waals surface area contributed by atoms with Gasteiger partial charge in [-0.3, -0.25) is 4.79 Å². The van der Waals surface area contributed by atoms with Crippen molar-refractivity contribution in [3.8, 4) is 17.4 Å². The van der Waals surface area contributed by atoms with Gasteiger partial charge in [0.2, 0.25) is 11.1 Å². The molecule has 3 rings (SSSR count). The van der Waals surface area contributed by atoms with Gasteiger partial charge in [0.25, 0.3) is 11.8 Å². The number of nitrogens with one attached hydrogen (secondary N) is 1. The molecule has 0 spiro atoms. The van der Waals surface area contributed by atoms with Crippen LogP contribution in [0.4, 0.5) is 4.39 Å². The van der Waals surface area contributed by atoms with E-state index in [0.717, 1.165) is 6.20 Å². The Kier molecular flexibility index (Phi) is 6.13. The van der Waals surface area contributed by atoms with E-state index in [1.165, 1.54) is 13.3 Å². The fourth-order valence-electron chi connectivity index (χ4n) is 2.18. The lowest BCUT2D eigenvalue weighted by atomic mass is 10.2. The summed E-state index contributed by atoms with van der Waals surface area (Å²) in [6.07, 6.45) is 2.32. The fourth-order valence-corrected chi connectivity index (χ4v) is 2.31. The normalized spacial score (nSPS) is 10.7. The Hall–Kier alpha value is -3.52. The number of ether oxygens (including phenoxy) is 2. The van der Waals surface area contributed by atoms with Crippen molar-refractivity contribution in [2.45, 2.75) is 0 Å². The second kappa shape index (κ2) is 8.92. The molecular weight excluding hydrogens is 387 g/mol. The molecule has 1 aromatic heterocycles. The molecular formula is C19H14ClFN4O3. The zero-order valence-corrected chi connectivity index (χ0v) is 15.4. The number of rotatable bonds is 6. The summed E-state index contributed by atoms with van der Waals surface area (Å²) in [5, 5.41) is 3.76. The van der Waals surface area contributed by atoms with Crippen LogP contribution in [0.2, 0.25) is 5.28 Å². The van der Waals surface area contributed by atoms with E-state index in [4.69, 9.17) is 21.1 Å². The van der Waals surface area contributed by atoms with Crippen molar-refractivity contribution in [1.29, 1.82) is 0 Å². The van der Waals surface area contributed by atoms with Crippen molar-refractivity contribution in [3.63, 3.8) is 0 Å². The second-order valence-electron chi connectivity index (χ2n) is 5.37. The molecule has 9 heteroatoms. The van der Waals surface area contributed by atoms with Gasteiger partial charge in [-0.05, 0) is 47.5 Å². The van der Waals surface area contributed by atoms with E-state index < -0.39 is 5.82 Å². The minimum atomic E-state index is -0.777. The molecule has 7 nitrogen and oxygen atoms in total. The van der Waals surface area contributed by atoms with Crippen molar-refractivity contribution in [1.82, 2.24) is 15.4 Å². The standard InChI is InChI=1S/C19H14ClFN4O3/c1-27-15-8-7-12(10-23-25-17(26)13-5-3-2-4-6-13)9-16(15)28-18-14(21)11-22-19(20)24-18/h2-11H,1H3,(H,25,26)/b23-10-. The zero-order chi connectivity index (χ0) is 19.9. The van der Waals surface area contributed by atoms with Gasteiger partial charge in [-0.15, -0.1) is 0 Å². The first-order valence-corrected chi connectivity index (χ1v) is 8.37. The molecule has 0 aliphatic carbocycles. The number of benzene rings is 2. The predicted octanol–water partition coefficient (Wildman–Crippen LogP) is 3.83. The molecule has 0 bridgehead atoms. The predicted molar refractivity (Wildman–Crippen MR) is 102 cm³/mol. The molecule has 1 heterocycles. The summed E-state index contributed by atoms with van der Waals surface area (Å²) in [6.45, 7) is 0.